The molecule has 2 heteroatoms. The number of hydrogen-bond acceptors (Lipinski definition) is 2. The lowest BCUT2D eigenvalue weighted by atomic mass is 10.0. The van der Waals surface area contributed by atoms with Gasteiger partial charge in [-0.25, -0.2) is 9.97 Å². The summed E-state index contributed by atoms with van der Waals surface area (Å²) in [5.41, 5.74) is 8.84. The Kier molecular flexibility index (Phi) is 4.75. The van der Waals surface area contributed by atoms with Crippen LogP contribution in [0.3, 0.4) is 0 Å². The molecule has 0 unspecified atom stereocenters. The van der Waals surface area contributed by atoms with Gasteiger partial charge < -0.3 is 0 Å². The average molecular weight is 316 g/mol. The molecule has 2 aromatic carbocycles. The highest BCUT2D eigenvalue weighted by atomic mass is 14.9. The first kappa shape index (κ1) is 16.4. The fraction of sp³-hybridized carbons (Fsp3) is 0.273. The quantitative estimate of drug-likeness (QED) is 0.684. The second-order valence-electron chi connectivity index (χ2n) is 6.81. The van der Waals surface area contributed by atoms with Gasteiger partial charge in [0.05, 0.1) is 0 Å². The third kappa shape index (κ3) is 4.29. The average Bonchev–Trinajstić information content (AvgIpc) is 2.45. The fourth-order valence-electron chi connectivity index (χ4n) is 3.36. The SMILES string of the molecule is Cc1cc(C)cc(Cc2ccnc(Cc3cc(C)cc(C)c3)n2)c1. The second kappa shape index (κ2) is 6.96. The van der Waals surface area contributed by atoms with E-state index in [-0.39, 0.29) is 0 Å². The van der Waals surface area contributed by atoms with Crippen LogP contribution in [0.4, 0.5) is 0 Å². The van der Waals surface area contributed by atoms with Gasteiger partial charge in [-0.2, -0.15) is 0 Å². The number of aromatic nitrogens is 2. The minimum atomic E-state index is 0.781. The Bertz CT molecular complexity index is 756. The van der Waals surface area contributed by atoms with E-state index in [0.717, 1.165) is 24.4 Å². The van der Waals surface area contributed by atoms with Crippen molar-refractivity contribution in [2.75, 3.05) is 0 Å². The standard InChI is InChI=1S/C22H24N2/c1-15-7-16(2)10-19(9-15)13-21-5-6-23-22(24-21)14-20-11-17(3)8-18(4)12-20/h5-12H,13-14H2,1-4H3. The highest BCUT2D eigenvalue weighted by molar-refractivity contribution is 5.32. The number of aryl methyl sites for hydroxylation is 4. The molecule has 24 heavy (non-hydrogen) atoms. The topological polar surface area (TPSA) is 25.8 Å². The monoisotopic (exact) mass is 316 g/mol. The van der Waals surface area contributed by atoms with Gasteiger partial charge in [0, 0.05) is 24.7 Å². The smallest absolute Gasteiger partial charge is 0.132 e. The van der Waals surface area contributed by atoms with Crippen LogP contribution in [0.5, 0.6) is 0 Å². The zero-order valence-electron chi connectivity index (χ0n) is 14.9. The van der Waals surface area contributed by atoms with Crippen LogP contribution in [0.2, 0.25) is 0 Å². The first-order chi connectivity index (χ1) is 11.5. The van der Waals surface area contributed by atoms with Gasteiger partial charge in [0.1, 0.15) is 5.82 Å². The molecule has 122 valence electrons. The summed E-state index contributed by atoms with van der Waals surface area (Å²) in [5.74, 6) is 0.891. The number of rotatable bonds is 4. The van der Waals surface area contributed by atoms with E-state index in [1.165, 1.54) is 33.4 Å². The molecule has 0 atom stereocenters. The van der Waals surface area contributed by atoms with Gasteiger partial charge in [0.25, 0.3) is 0 Å². The zero-order chi connectivity index (χ0) is 17.1. The lowest BCUT2D eigenvalue weighted by Gasteiger charge is -2.07. The highest BCUT2D eigenvalue weighted by Gasteiger charge is 2.05. The molecule has 0 N–H and O–H groups in total. The first-order valence-electron chi connectivity index (χ1n) is 8.43. The summed E-state index contributed by atoms with van der Waals surface area (Å²) in [7, 11) is 0. The van der Waals surface area contributed by atoms with Crippen LogP contribution in [-0.4, -0.2) is 9.97 Å². The van der Waals surface area contributed by atoms with Crippen LogP contribution in [0.25, 0.3) is 0 Å². The first-order valence-corrected chi connectivity index (χ1v) is 8.43. The predicted octanol–water partition coefficient (Wildman–Crippen LogP) is 4.89. The Balaban J connectivity index is 1.81. The van der Waals surface area contributed by atoms with Crippen molar-refractivity contribution in [1.29, 1.82) is 0 Å². The lowest BCUT2D eigenvalue weighted by Crippen LogP contribution is -2.01. The third-order valence-corrected chi connectivity index (χ3v) is 4.07. The Labute approximate surface area is 144 Å². The molecule has 0 aliphatic carbocycles. The van der Waals surface area contributed by atoms with E-state index in [1.807, 2.05) is 12.3 Å². The van der Waals surface area contributed by atoms with Crippen molar-refractivity contribution >= 4 is 0 Å². The molecule has 0 spiro atoms. The van der Waals surface area contributed by atoms with Gasteiger partial charge in [-0.05, 0) is 44.9 Å². The van der Waals surface area contributed by atoms with Crippen LogP contribution in [-0.2, 0) is 12.8 Å². The van der Waals surface area contributed by atoms with Crippen LogP contribution >= 0.6 is 0 Å². The summed E-state index contributed by atoms with van der Waals surface area (Å²) in [6.45, 7) is 8.55. The van der Waals surface area contributed by atoms with Crippen LogP contribution in [0.15, 0.2) is 48.7 Å². The van der Waals surface area contributed by atoms with Gasteiger partial charge >= 0.3 is 0 Å². The maximum Gasteiger partial charge on any atom is 0.132 e. The van der Waals surface area contributed by atoms with Gasteiger partial charge in [-0.15, -0.1) is 0 Å². The summed E-state index contributed by atoms with van der Waals surface area (Å²) >= 11 is 0. The van der Waals surface area contributed by atoms with Crippen molar-refractivity contribution in [2.45, 2.75) is 40.5 Å². The Hall–Kier alpha value is -2.48. The van der Waals surface area contributed by atoms with E-state index in [4.69, 9.17) is 4.98 Å². The van der Waals surface area contributed by atoms with E-state index in [2.05, 4.69) is 69.1 Å². The van der Waals surface area contributed by atoms with E-state index in [9.17, 15) is 0 Å². The van der Waals surface area contributed by atoms with Crippen LogP contribution < -0.4 is 0 Å². The van der Waals surface area contributed by atoms with Crippen molar-refractivity contribution < 1.29 is 0 Å². The molecule has 0 radical (unpaired) electrons. The highest BCUT2D eigenvalue weighted by Crippen LogP contribution is 2.15. The fourth-order valence-corrected chi connectivity index (χ4v) is 3.36. The molecule has 0 bridgehead atoms. The summed E-state index contributed by atoms with van der Waals surface area (Å²) in [4.78, 5) is 9.23. The van der Waals surface area contributed by atoms with Crippen LogP contribution in [0, 0.1) is 27.7 Å². The molecular weight excluding hydrogens is 292 g/mol. The zero-order valence-corrected chi connectivity index (χ0v) is 14.9. The molecule has 3 aromatic rings. The molecule has 2 nitrogen and oxygen atoms in total. The third-order valence-electron chi connectivity index (χ3n) is 4.07. The number of nitrogens with zero attached hydrogens (tertiary/aromatic N) is 2. The van der Waals surface area contributed by atoms with Gasteiger partial charge in [0.2, 0.25) is 0 Å². The summed E-state index contributed by atoms with van der Waals surface area (Å²) < 4.78 is 0. The van der Waals surface area contributed by atoms with Crippen molar-refractivity contribution in [1.82, 2.24) is 9.97 Å². The molecule has 0 aliphatic heterocycles. The molecule has 1 aromatic heterocycles. The minimum absolute atomic E-state index is 0.781. The molecule has 0 aliphatic rings. The Morgan fingerprint density at radius 1 is 0.667 bits per heavy atom. The van der Waals surface area contributed by atoms with Crippen LogP contribution in [0.1, 0.15) is 44.9 Å². The van der Waals surface area contributed by atoms with Crippen molar-refractivity contribution in [3.63, 3.8) is 0 Å². The molecule has 0 saturated heterocycles. The summed E-state index contributed by atoms with van der Waals surface area (Å²) in [6, 6.07) is 15.3. The predicted molar refractivity (Wildman–Crippen MR) is 99.5 cm³/mol. The maximum absolute atomic E-state index is 4.77. The van der Waals surface area contributed by atoms with Gasteiger partial charge in [-0.3, -0.25) is 0 Å². The van der Waals surface area contributed by atoms with Gasteiger partial charge in [0.15, 0.2) is 0 Å². The molecule has 0 amide bonds. The van der Waals surface area contributed by atoms with E-state index in [0.29, 0.717) is 0 Å². The second-order valence-corrected chi connectivity index (χ2v) is 6.81. The van der Waals surface area contributed by atoms with Crippen molar-refractivity contribution in [2.24, 2.45) is 0 Å². The largest absolute Gasteiger partial charge is 0.241 e. The normalized spacial score (nSPS) is 10.8. The summed E-state index contributed by atoms with van der Waals surface area (Å²) in [5, 5.41) is 0. The lowest BCUT2D eigenvalue weighted by molar-refractivity contribution is 0.915. The molecule has 3 rings (SSSR count). The summed E-state index contributed by atoms with van der Waals surface area (Å²) in [6.07, 6.45) is 3.51. The Morgan fingerprint density at radius 3 is 1.71 bits per heavy atom. The minimum Gasteiger partial charge on any atom is -0.241 e. The van der Waals surface area contributed by atoms with E-state index < -0.39 is 0 Å². The number of benzene rings is 2. The van der Waals surface area contributed by atoms with Gasteiger partial charge in [-0.1, -0.05) is 58.7 Å². The van der Waals surface area contributed by atoms with Crippen molar-refractivity contribution in [3.8, 4) is 0 Å². The van der Waals surface area contributed by atoms with E-state index >= 15 is 0 Å². The molecule has 1 heterocycles. The van der Waals surface area contributed by atoms with Crippen molar-refractivity contribution in [3.05, 3.63) is 93.6 Å². The Morgan fingerprint density at radius 2 is 1.17 bits per heavy atom. The van der Waals surface area contributed by atoms with E-state index in [1.54, 1.807) is 0 Å². The molecule has 0 fully saturated rings. The maximum atomic E-state index is 4.77. The number of hydrogen-bond donors (Lipinski definition) is 0. The molecule has 0 saturated carbocycles. The molecular formula is C22H24N2.